The molecule has 28 heavy (non-hydrogen) atoms. The largest absolute Gasteiger partial charge is 0.357 e. The lowest BCUT2D eigenvalue weighted by molar-refractivity contribution is 0.612. The zero-order valence-corrected chi connectivity index (χ0v) is 17.2. The van der Waals surface area contributed by atoms with Crippen molar-refractivity contribution >= 4 is 11.8 Å². The third-order valence-electron chi connectivity index (χ3n) is 5.20. The third-order valence-corrected chi connectivity index (χ3v) is 5.20. The molecule has 3 rings (SSSR count). The highest BCUT2D eigenvalue weighted by atomic mass is 19.1. The average Bonchev–Trinajstić information content (AvgIpc) is 3.22. The highest BCUT2D eigenvalue weighted by Crippen LogP contribution is 2.20. The van der Waals surface area contributed by atoms with E-state index in [0.29, 0.717) is 18.9 Å². The van der Waals surface area contributed by atoms with Gasteiger partial charge in [-0.2, -0.15) is 5.10 Å². The molecule has 1 aliphatic rings. The smallest absolute Gasteiger partial charge is 0.191 e. The summed E-state index contributed by atoms with van der Waals surface area (Å²) in [5.74, 6) is 0.956. The first kappa shape index (κ1) is 20.1. The summed E-state index contributed by atoms with van der Waals surface area (Å²) >= 11 is 0. The number of nitrogens with one attached hydrogen (secondary N) is 2. The average molecular weight is 388 g/mol. The molecule has 8 heteroatoms. The molecule has 0 aromatic carbocycles. The number of pyridine rings is 1. The van der Waals surface area contributed by atoms with Crippen molar-refractivity contribution in [2.45, 2.75) is 39.7 Å². The number of aliphatic imine (C=N–C) groups is 1. The first-order chi connectivity index (χ1) is 13.5. The maximum Gasteiger partial charge on any atom is 0.191 e. The molecule has 1 atom stereocenters. The zero-order valence-electron chi connectivity index (χ0n) is 17.2. The quantitative estimate of drug-likeness (QED) is 0.586. The number of nitrogens with zero attached hydrogens (tertiary/aromatic N) is 5. The van der Waals surface area contributed by atoms with Gasteiger partial charge >= 0.3 is 0 Å². The minimum atomic E-state index is -0.272. The predicted molar refractivity (Wildman–Crippen MR) is 110 cm³/mol. The van der Waals surface area contributed by atoms with Crippen LogP contribution < -0.4 is 15.5 Å². The van der Waals surface area contributed by atoms with Gasteiger partial charge in [-0.05, 0) is 51.3 Å². The van der Waals surface area contributed by atoms with Crippen LogP contribution in [0.4, 0.5) is 10.2 Å². The molecule has 0 spiro atoms. The van der Waals surface area contributed by atoms with Crippen LogP contribution in [0.5, 0.6) is 0 Å². The van der Waals surface area contributed by atoms with Crippen molar-refractivity contribution in [1.82, 2.24) is 25.4 Å². The van der Waals surface area contributed by atoms with Gasteiger partial charge in [-0.25, -0.2) is 9.37 Å². The van der Waals surface area contributed by atoms with Crippen molar-refractivity contribution in [1.29, 1.82) is 0 Å². The van der Waals surface area contributed by atoms with Crippen LogP contribution in [-0.4, -0.2) is 52.9 Å². The third kappa shape index (κ3) is 4.61. The van der Waals surface area contributed by atoms with Crippen LogP contribution in [0.2, 0.25) is 0 Å². The van der Waals surface area contributed by atoms with Gasteiger partial charge in [0.2, 0.25) is 0 Å². The standard InChI is InChI=1S/C20H30FN7/c1-5-22-20(24-11-8-17-14(2)26-27(4)15(17)3)25-16-9-12-28(13-16)19-18(21)7-6-10-23-19/h6-7,10,16H,5,8-9,11-13H2,1-4H3,(H2,22,24,25). The molecule has 1 aliphatic heterocycles. The fourth-order valence-corrected chi connectivity index (χ4v) is 3.65. The van der Waals surface area contributed by atoms with Crippen LogP contribution in [-0.2, 0) is 13.5 Å². The Labute approximate surface area is 166 Å². The van der Waals surface area contributed by atoms with Gasteiger partial charge < -0.3 is 15.5 Å². The molecular weight excluding hydrogens is 357 g/mol. The van der Waals surface area contributed by atoms with E-state index in [1.54, 1.807) is 12.3 Å². The molecule has 1 fully saturated rings. The van der Waals surface area contributed by atoms with Crippen molar-refractivity contribution < 1.29 is 4.39 Å². The number of aromatic nitrogens is 3. The number of hydrogen-bond acceptors (Lipinski definition) is 4. The van der Waals surface area contributed by atoms with Crippen LogP contribution >= 0.6 is 0 Å². The maximum absolute atomic E-state index is 14.0. The van der Waals surface area contributed by atoms with E-state index in [4.69, 9.17) is 4.99 Å². The lowest BCUT2D eigenvalue weighted by Crippen LogP contribution is -2.44. The van der Waals surface area contributed by atoms with Gasteiger partial charge in [-0.1, -0.05) is 0 Å². The number of anilines is 1. The fraction of sp³-hybridized carbons (Fsp3) is 0.550. The lowest BCUT2D eigenvalue weighted by atomic mass is 10.1. The summed E-state index contributed by atoms with van der Waals surface area (Å²) in [5.41, 5.74) is 3.52. The van der Waals surface area contributed by atoms with Crippen LogP contribution in [0.3, 0.4) is 0 Å². The molecule has 0 saturated carbocycles. The van der Waals surface area contributed by atoms with Crippen molar-refractivity contribution in [3.05, 3.63) is 41.1 Å². The van der Waals surface area contributed by atoms with E-state index >= 15 is 0 Å². The Morgan fingerprint density at radius 2 is 2.21 bits per heavy atom. The highest BCUT2D eigenvalue weighted by Gasteiger charge is 2.25. The van der Waals surface area contributed by atoms with Crippen LogP contribution in [0.25, 0.3) is 0 Å². The summed E-state index contributed by atoms with van der Waals surface area (Å²) in [6.45, 7) is 9.15. The van der Waals surface area contributed by atoms with E-state index in [1.165, 1.54) is 17.3 Å². The first-order valence-corrected chi connectivity index (χ1v) is 9.89. The molecule has 0 bridgehead atoms. The molecule has 3 heterocycles. The summed E-state index contributed by atoms with van der Waals surface area (Å²) in [6.07, 6.45) is 3.41. The summed E-state index contributed by atoms with van der Waals surface area (Å²) in [5, 5.41) is 11.3. The molecule has 0 aliphatic carbocycles. The minimum absolute atomic E-state index is 0.209. The fourth-order valence-electron chi connectivity index (χ4n) is 3.65. The maximum atomic E-state index is 14.0. The molecule has 7 nitrogen and oxygen atoms in total. The molecule has 1 saturated heterocycles. The molecule has 0 amide bonds. The van der Waals surface area contributed by atoms with Gasteiger partial charge in [-0.15, -0.1) is 0 Å². The Bertz CT molecular complexity index is 830. The molecular formula is C20H30FN7. The predicted octanol–water partition coefficient (Wildman–Crippen LogP) is 1.95. The van der Waals surface area contributed by atoms with Crippen molar-refractivity contribution in [2.24, 2.45) is 12.0 Å². The Kier molecular flexibility index (Phi) is 6.49. The summed E-state index contributed by atoms with van der Waals surface area (Å²) in [7, 11) is 1.97. The van der Waals surface area contributed by atoms with Crippen LogP contribution in [0, 0.1) is 19.7 Å². The highest BCUT2D eigenvalue weighted by molar-refractivity contribution is 5.80. The SMILES string of the molecule is CCNC(=NCCc1c(C)nn(C)c1C)NC1CCN(c2ncccc2F)C1. The number of hydrogen-bond donors (Lipinski definition) is 2. The summed E-state index contributed by atoms with van der Waals surface area (Å²) in [4.78, 5) is 10.9. The second kappa shape index (κ2) is 9.03. The van der Waals surface area contributed by atoms with Crippen molar-refractivity contribution in [3.63, 3.8) is 0 Å². The molecule has 2 N–H and O–H groups in total. The van der Waals surface area contributed by atoms with E-state index in [2.05, 4.69) is 34.6 Å². The van der Waals surface area contributed by atoms with Gasteiger partial charge in [0.25, 0.3) is 0 Å². The number of aryl methyl sites for hydroxylation is 2. The van der Waals surface area contributed by atoms with E-state index in [-0.39, 0.29) is 11.9 Å². The minimum Gasteiger partial charge on any atom is -0.357 e. The summed E-state index contributed by atoms with van der Waals surface area (Å²) in [6, 6.07) is 3.28. The Hall–Kier alpha value is -2.64. The Morgan fingerprint density at radius 1 is 1.39 bits per heavy atom. The van der Waals surface area contributed by atoms with Gasteiger partial charge in [0.05, 0.1) is 5.69 Å². The van der Waals surface area contributed by atoms with Gasteiger partial charge in [0.1, 0.15) is 0 Å². The zero-order chi connectivity index (χ0) is 20.1. The molecule has 2 aromatic heterocycles. The first-order valence-electron chi connectivity index (χ1n) is 9.89. The molecule has 1 unspecified atom stereocenters. The lowest BCUT2D eigenvalue weighted by Gasteiger charge is -2.20. The molecule has 0 radical (unpaired) electrons. The van der Waals surface area contributed by atoms with Crippen molar-refractivity contribution in [3.8, 4) is 0 Å². The number of guanidine groups is 1. The van der Waals surface area contributed by atoms with E-state index in [0.717, 1.165) is 37.6 Å². The Morgan fingerprint density at radius 3 is 2.89 bits per heavy atom. The van der Waals surface area contributed by atoms with Gasteiger partial charge in [0.15, 0.2) is 17.6 Å². The normalized spacial score (nSPS) is 17.2. The van der Waals surface area contributed by atoms with E-state index < -0.39 is 0 Å². The van der Waals surface area contributed by atoms with Gasteiger partial charge in [0, 0.05) is 51.2 Å². The van der Waals surface area contributed by atoms with Gasteiger partial charge in [-0.3, -0.25) is 9.67 Å². The van der Waals surface area contributed by atoms with Crippen LogP contribution in [0.15, 0.2) is 23.3 Å². The second-order valence-corrected chi connectivity index (χ2v) is 7.17. The van der Waals surface area contributed by atoms with Crippen LogP contribution in [0.1, 0.15) is 30.3 Å². The monoisotopic (exact) mass is 387 g/mol. The Balaban J connectivity index is 1.58. The van der Waals surface area contributed by atoms with Crippen molar-refractivity contribution in [2.75, 3.05) is 31.1 Å². The van der Waals surface area contributed by atoms with E-state index in [9.17, 15) is 4.39 Å². The second-order valence-electron chi connectivity index (χ2n) is 7.17. The molecule has 152 valence electrons. The number of halogens is 1. The summed E-state index contributed by atoms with van der Waals surface area (Å²) < 4.78 is 15.9. The number of rotatable bonds is 6. The molecule has 2 aromatic rings. The topological polar surface area (TPSA) is 70.4 Å². The van der Waals surface area contributed by atoms with E-state index in [1.807, 2.05) is 23.6 Å².